The van der Waals surface area contributed by atoms with E-state index in [-0.39, 0.29) is 18.5 Å². The summed E-state index contributed by atoms with van der Waals surface area (Å²) in [6.07, 6.45) is 82.4. The minimum Gasteiger partial charge on any atom is -0.466 e. The standard InChI is InChI=1S/C70H135NO5/c1-3-5-7-9-11-13-15-17-19-20-21-22-23-24-25-26-28-31-35-38-42-46-50-54-58-62-68(73)67(66-72)71-69(74)63-59-55-51-47-43-39-36-32-29-27-30-33-37-41-45-49-53-57-61-65-76-70(75)64-60-56-52-48-44-40-34-18-16-14-12-10-8-6-4-2/h27,29,58,62,67-68,72-73H,3-26,28,30-57,59-61,63-66H2,1-2H3,(H,71,74)/b29-27-,62-58+. The Kier molecular flexibility index (Phi) is 64.4. The van der Waals surface area contributed by atoms with Gasteiger partial charge in [-0.2, -0.15) is 0 Å². The second-order valence-corrected chi connectivity index (χ2v) is 23.9. The number of carbonyl (C=O) groups is 2. The van der Waals surface area contributed by atoms with Gasteiger partial charge in [-0.25, -0.2) is 0 Å². The third-order valence-corrected chi connectivity index (χ3v) is 16.2. The van der Waals surface area contributed by atoms with Crippen LogP contribution in [0.2, 0.25) is 0 Å². The molecular formula is C70H135NO5. The number of carbonyl (C=O) groups excluding carboxylic acids is 2. The highest BCUT2D eigenvalue weighted by Crippen LogP contribution is 2.18. The Labute approximate surface area is 475 Å². The molecule has 0 saturated carbocycles. The number of nitrogens with one attached hydrogen (secondary N) is 1. The van der Waals surface area contributed by atoms with Crippen LogP contribution in [0.3, 0.4) is 0 Å². The summed E-state index contributed by atoms with van der Waals surface area (Å²) in [6, 6.07) is -0.636. The minimum atomic E-state index is -0.852. The van der Waals surface area contributed by atoms with Crippen molar-refractivity contribution in [3.8, 4) is 0 Å². The molecule has 2 atom stereocenters. The van der Waals surface area contributed by atoms with Gasteiger partial charge in [0.05, 0.1) is 25.4 Å². The van der Waals surface area contributed by atoms with Gasteiger partial charge in [-0.1, -0.05) is 340 Å². The van der Waals surface area contributed by atoms with Crippen molar-refractivity contribution in [3.63, 3.8) is 0 Å². The average molecular weight is 1070 g/mol. The number of rotatable bonds is 65. The van der Waals surface area contributed by atoms with Gasteiger partial charge in [-0.3, -0.25) is 9.59 Å². The van der Waals surface area contributed by atoms with Gasteiger partial charge in [0.15, 0.2) is 0 Å². The molecule has 0 aliphatic carbocycles. The van der Waals surface area contributed by atoms with Crippen molar-refractivity contribution in [3.05, 3.63) is 24.3 Å². The highest BCUT2D eigenvalue weighted by molar-refractivity contribution is 5.76. The first-order valence-electron chi connectivity index (χ1n) is 34.6. The number of aliphatic hydroxyl groups excluding tert-OH is 2. The van der Waals surface area contributed by atoms with E-state index in [4.69, 9.17) is 4.74 Å². The Morgan fingerprint density at radius 1 is 0.355 bits per heavy atom. The van der Waals surface area contributed by atoms with Crippen LogP contribution in [-0.2, 0) is 14.3 Å². The Balaban J connectivity index is 3.45. The maximum atomic E-state index is 12.5. The van der Waals surface area contributed by atoms with Crippen LogP contribution in [0.15, 0.2) is 24.3 Å². The van der Waals surface area contributed by atoms with Crippen molar-refractivity contribution in [2.75, 3.05) is 13.2 Å². The fourth-order valence-corrected chi connectivity index (χ4v) is 10.9. The molecule has 0 heterocycles. The Bertz CT molecular complexity index is 1190. The molecule has 0 spiro atoms. The normalized spacial score (nSPS) is 12.6. The Morgan fingerprint density at radius 3 is 0.934 bits per heavy atom. The monoisotopic (exact) mass is 1070 g/mol. The van der Waals surface area contributed by atoms with Gasteiger partial charge < -0.3 is 20.3 Å². The summed E-state index contributed by atoms with van der Waals surface area (Å²) in [5.41, 5.74) is 0. The lowest BCUT2D eigenvalue weighted by Crippen LogP contribution is -2.45. The SMILES string of the molecule is CCCCCCCCCCCCCCCCCCCCCCCCC/C=C/C(O)C(CO)NC(=O)CCCCCCCCC/C=C\CCCCCCCCCCOC(=O)CCCCCCCCCCCCCCCCC. The molecule has 0 aromatic carbocycles. The first-order chi connectivity index (χ1) is 37.5. The molecule has 0 aromatic rings. The quantitative estimate of drug-likeness (QED) is 0.0320. The smallest absolute Gasteiger partial charge is 0.305 e. The lowest BCUT2D eigenvalue weighted by molar-refractivity contribution is -0.143. The molecule has 3 N–H and O–H groups in total. The highest BCUT2D eigenvalue weighted by Gasteiger charge is 2.18. The molecule has 0 rings (SSSR count). The van der Waals surface area contributed by atoms with E-state index in [1.165, 1.54) is 315 Å². The van der Waals surface area contributed by atoms with Crippen molar-refractivity contribution in [2.45, 2.75) is 398 Å². The predicted octanol–water partition coefficient (Wildman–Crippen LogP) is 22.1. The van der Waals surface area contributed by atoms with Crippen LogP contribution in [0.4, 0.5) is 0 Å². The highest BCUT2D eigenvalue weighted by atomic mass is 16.5. The van der Waals surface area contributed by atoms with E-state index in [9.17, 15) is 19.8 Å². The Morgan fingerprint density at radius 2 is 0.618 bits per heavy atom. The van der Waals surface area contributed by atoms with Crippen LogP contribution >= 0.6 is 0 Å². The van der Waals surface area contributed by atoms with Crippen molar-refractivity contribution in [1.82, 2.24) is 5.32 Å². The first kappa shape index (κ1) is 74.3. The number of esters is 1. The van der Waals surface area contributed by atoms with E-state index in [1.807, 2.05) is 6.08 Å². The fraction of sp³-hybridized carbons (Fsp3) is 0.914. The van der Waals surface area contributed by atoms with Crippen molar-refractivity contribution >= 4 is 11.9 Å². The summed E-state index contributed by atoms with van der Waals surface area (Å²) in [5, 5.41) is 23.3. The number of amides is 1. The lowest BCUT2D eigenvalue weighted by Gasteiger charge is -2.20. The number of hydrogen-bond acceptors (Lipinski definition) is 5. The number of aliphatic hydroxyl groups is 2. The average Bonchev–Trinajstić information content (AvgIpc) is 3.42. The van der Waals surface area contributed by atoms with Crippen LogP contribution in [0.5, 0.6) is 0 Å². The summed E-state index contributed by atoms with van der Waals surface area (Å²) in [5.74, 6) is -0.0662. The molecule has 0 bridgehead atoms. The molecule has 0 radical (unpaired) electrons. The number of unbranched alkanes of at least 4 members (excludes halogenated alkanes) is 52. The molecule has 0 saturated heterocycles. The molecule has 0 aliphatic rings. The van der Waals surface area contributed by atoms with Gasteiger partial charge in [-0.15, -0.1) is 0 Å². The van der Waals surface area contributed by atoms with Crippen molar-refractivity contribution < 1.29 is 24.5 Å². The summed E-state index contributed by atoms with van der Waals surface area (Å²) in [4.78, 5) is 24.6. The second kappa shape index (κ2) is 65.9. The summed E-state index contributed by atoms with van der Waals surface area (Å²) >= 11 is 0. The van der Waals surface area contributed by atoms with E-state index in [0.29, 0.717) is 19.4 Å². The van der Waals surface area contributed by atoms with Crippen LogP contribution < -0.4 is 5.32 Å². The molecule has 0 aromatic heterocycles. The number of allylic oxidation sites excluding steroid dienone is 3. The van der Waals surface area contributed by atoms with Gasteiger partial charge in [0.25, 0.3) is 0 Å². The molecule has 450 valence electrons. The third kappa shape index (κ3) is 61.6. The fourth-order valence-electron chi connectivity index (χ4n) is 10.9. The molecule has 2 unspecified atom stereocenters. The molecule has 76 heavy (non-hydrogen) atoms. The molecule has 6 nitrogen and oxygen atoms in total. The van der Waals surface area contributed by atoms with E-state index in [1.54, 1.807) is 6.08 Å². The van der Waals surface area contributed by atoms with Gasteiger partial charge in [-0.05, 0) is 57.8 Å². The molecule has 6 heteroatoms. The van der Waals surface area contributed by atoms with Gasteiger partial charge in [0.1, 0.15) is 0 Å². The summed E-state index contributed by atoms with van der Waals surface area (Å²) < 4.78 is 5.49. The van der Waals surface area contributed by atoms with Gasteiger partial charge >= 0.3 is 5.97 Å². The zero-order valence-corrected chi connectivity index (χ0v) is 51.5. The van der Waals surface area contributed by atoms with Crippen molar-refractivity contribution in [1.29, 1.82) is 0 Å². The predicted molar refractivity (Wildman–Crippen MR) is 333 cm³/mol. The van der Waals surface area contributed by atoms with E-state index >= 15 is 0 Å². The van der Waals surface area contributed by atoms with Gasteiger partial charge in [0.2, 0.25) is 5.91 Å². The lowest BCUT2D eigenvalue weighted by atomic mass is 10.0. The van der Waals surface area contributed by atoms with Crippen LogP contribution in [0.1, 0.15) is 386 Å². The molecular weight excluding hydrogens is 935 g/mol. The van der Waals surface area contributed by atoms with Crippen LogP contribution in [-0.4, -0.2) is 47.4 Å². The largest absolute Gasteiger partial charge is 0.466 e. The van der Waals surface area contributed by atoms with Gasteiger partial charge in [0, 0.05) is 12.8 Å². The molecule has 0 fully saturated rings. The first-order valence-corrected chi connectivity index (χ1v) is 34.6. The van der Waals surface area contributed by atoms with E-state index in [2.05, 4.69) is 31.3 Å². The third-order valence-electron chi connectivity index (χ3n) is 16.2. The number of hydrogen-bond donors (Lipinski definition) is 3. The zero-order chi connectivity index (χ0) is 55.0. The topological polar surface area (TPSA) is 95.9 Å². The zero-order valence-electron chi connectivity index (χ0n) is 51.5. The van der Waals surface area contributed by atoms with Crippen LogP contribution in [0.25, 0.3) is 0 Å². The minimum absolute atomic E-state index is 0.00702. The molecule has 0 aliphatic heterocycles. The van der Waals surface area contributed by atoms with E-state index < -0.39 is 12.1 Å². The summed E-state index contributed by atoms with van der Waals surface area (Å²) in [7, 11) is 0. The van der Waals surface area contributed by atoms with Crippen LogP contribution in [0, 0.1) is 0 Å². The van der Waals surface area contributed by atoms with E-state index in [0.717, 1.165) is 44.9 Å². The summed E-state index contributed by atoms with van der Waals surface area (Å²) in [6.45, 7) is 4.93. The molecule has 1 amide bonds. The second-order valence-electron chi connectivity index (χ2n) is 23.9. The maximum Gasteiger partial charge on any atom is 0.305 e. The Hall–Kier alpha value is -1.66. The maximum absolute atomic E-state index is 12.5. The number of ether oxygens (including phenoxy) is 1. The van der Waals surface area contributed by atoms with Crippen molar-refractivity contribution in [2.24, 2.45) is 0 Å².